The minimum atomic E-state index is -3.82. The van der Waals surface area contributed by atoms with Crippen LogP contribution in [0.15, 0.2) is 52.7 Å². The van der Waals surface area contributed by atoms with E-state index in [1.165, 1.54) is 11.4 Å². The monoisotopic (exact) mass is 459 g/mol. The fraction of sp³-hybridized carbons (Fsp3) is 0.238. The summed E-state index contributed by atoms with van der Waals surface area (Å²) in [6, 6.07) is 15.3. The number of amides is 1. The fourth-order valence-electron chi connectivity index (χ4n) is 3.59. The van der Waals surface area contributed by atoms with Gasteiger partial charge in [0.05, 0.1) is 11.6 Å². The number of benzene rings is 2. The van der Waals surface area contributed by atoms with Crippen LogP contribution in [0.2, 0.25) is 5.02 Å². The molecule has 0 spiro atoms. The summed E-state index contributed by atoms with van der Waals surface area (Å²) in [5.74, 6) is -0.229. The van der Waals surface area contributed by atoms with E-state index >= 15 is 0 Å². The molecule has 1 aromatic heterocycles. The van der Waals surface area contributed by atoms with E-state index in [0.29, 0.717) is 30.1 Å². The normalized spacial score (nSPS) is 17.1. The van der Waals surface area contributed by atoms with E-state index in [4.69, 9.17) is 16.9 Å². The van der Waals surface area contributed by atoms with Crippen LogP contribution in [-0.4, -0.2) is 43.2 Å². The quantitative estimate of drug-likeness (QED) is 0.580. The Morgan fingerprint density at radius 2 is 2.07 bits per heavy atom. The minimum absolute atomic E-state index is 0.190. The Kier molecular flexibility index (Phi) is 5.55. The number of carbonyl (C=O) groups is 1. The third kappa shape index (κ3) is 3.82. The number of nitrogens with zero attached hydrogens (tertiary/aromatic N) is 3. The average molecular weight is 460 g/mol. The molecule has 2 heterocycles. The highest BCUT2D eigenvalue weighted by atomic mass is 35.5. The Labute approximate surface area is 183 Å². The first-order valence-electron chi connectivity index (χ1n) is 9.24. The number of halogens is 1. The van der Waals surface area contributed by atoms with Crippen LogP contribution in [0.1, 0.15) is 17.5 Å². The predicted octanol–water partition coefficient (Wildman–Crippen LogP) is 3.85. The van der Waals surface area contributed by atoms with E-state index in [2.05, 4.69) is 6.07 Å². The number of rotatable bonds is 5. The van der Waals surface area contributed by atoms with Gasteiger partial charge in [-0.05, 0) is 47.7 Å². The second-order valence-electron chi connectivity index (χ2n) is 7.15. The highest BCUT2D eigenvalue weighted by molar-refractivity contribution is 7.91. The summed E-state index contributed by atoms with van der Waals surface area (Å²) in [4.78, 5) is 14.6. The molecule has 9 heteroatoms. The first-order chi connectivity index (χ1) is 14.3. The minimum Gasteiger partial charge on any atom is -0.337 e. The van der Waals surface area contributed by atoms with Crippen molar-refractivity contribution < 1.29 is 13.2 Å². The van der Waals surface area contributed by atoms with Crippen molar-refractivity contribution in [1.82, 2.24) is 9.21 Å². The summed E-state index contributed by atoms with van der Waals surface area (Å²) in [7, 11) is -2.37. The van der Waals surface area contributed by atoms with Crippen molar-refractivity contribution in [3.63, 3.8) is 0 Å². The second-order valence-corrected chi connectivity index (χ2v) is 10.9. The molecule has 154 valence electrons. The van der Waals surface area contributed by atoms with Crippen LogP contribution in [0, 0.1) is 11.3 Å². The van der Waals surface area contributed by atoms with Gasteiger partial charge in [-0.2, -0.15) is 9.57 Å². The van der Waals surface area contributed by atoms with E-state index in [1.54, 1.807) is 47.4 Å². The van der Waals surface area contributed by atoms with Crippen LogP contribution < -0.4 is 0 Å². The molecular formula is C21H18ClN3O3S2. The van der Waals surface area contributed by atoms with Gasteiger partial charge < -0.3 is 4.90 Å². The number of carbonyl (C=O) groups excluding carboxylic acids is 1. The van der Waals surface area contributed by atoms with Crippen LogP contribution in [0.3, 0.4) is 0 Å². The van der Waals surface area contributed by atoms with E-state index < -0.39 is 16.1 Å². The summed E-state index contributed by atoms with van der Waals surface area (Å²) in [5, 5.41) is 10.4. The molecule has 1 aliphatic rings. The van der Waals surface area contributed by atoms with Gasteiger partial charge in [-0.25, -0.2) is 8.42 Å². The molecular weight excluding hydrogens is 442 g/mol. The van der Waals surface area contributed by atoms with Crippen molar-refractivity contribution in [2.45, 2.75) is 23.2 Å². The Balaban J connectivity index is 1.54. The molecule has 0 aliphatic carbocycles. The van der Waals surface area contributed by atoms with Crippen molar-refractivity contribution in [3.05, 3.63) is 64.7 Å². The van der Waals surface area contributed by atoms with Gasteiger partial charge in [0.1, 0.15) is 10.3 Å². The SMILES string of the molecule is CN([C@H]1CCN(Cc2cccc(C#N)c2)C1=O)S(=O)(=O)c1cc2ccc(Cl)cc2s1. The number of hydrogen-bond donors (Lipinski definition) is 0. The van der Waals surface area contributed by atoms with Crippen molar-refractivity contribution >= 4 is 49.0 Å². The third-order valence-corrected chi connectivity index (χ3v) is 8.88. The molecule has 1 amide bonds. The lowest BCUT2D eigenvalue weighted by Gasteiger charge is -2.23. The second kappa shape index (κ2) is 8.00. The van der Waals surface area contributed by atoms with E-state index in [9.17, 15) is 13.2 Å². The first-order valence-corrected chi connectivity index (χ1v) is 11.9. The Morgan fingerprint density at radius 3 is 2.83 bits per heavy atom. The maximum Gasteiger partial charge on any atom is 0.253 e. The maximum absolute atomic E-state index is 13.2. The molecule has 1 aliphatic heterocycles. The number of sulfonamides is 1. The van der Waals surface area contributed by atoms with Gasteiger partial charge in [0.2, 0.25) is 5.91 Å². The highest BCUT2D eigenvalue weighted by Gasteiger charge is 2.40. The van der Waals surface area contributed by atoms with Gasteiger partial charge in [-0.3, -0.25) is 4.79 Å². The van der Waals surface area contributed by atoms with Gasteiger partial charge in [-0.1, -0.05) is 29.8 Å². The van der Waals surface area contributed by atoms with Crippen molar-refractivity contribution in [2.24, 2.45) is 0 Å². The van der Waals surface area contributed by atoms with E-state index in [-0.39, 0.29) is 10.1 Å². The predicted molar refractivity (Wildman–Crippen MR) is 117 cm³/mol. The van der Waals surface area contributed by atoms with Gasteiger partial charge >= 0.3 is 0 Å². The first kappa shape index (κ1) is 20.8. The fourth-order valence-corrected chi connectivity index (χ4v) is 6.80. The van der Waals surface area contributed by atoms with Gasteiger partial charge in [0, 0.05) is 29.9 Å². The van der Waals surface area contributed by atoms with Gasteiger partial charge in [0.15, 0.2) is 0 Å². The Bertz CT molecular complexity index is 1280. The molecule has 1 saturated heterocycles. The molecule has 0 unspecified atom stereocenters. The number of hydrogen-bond acceptors (Lipinski definition) is 5. The molecule has 0 N–H and O–H groups in total. The largest absolute Gasteiger partial charge is 0.337 e. The highest BCUT2D eigenvalue weighted by Crippen LogP contribution is 2.34. The summed E-state index contributed by atoms with van der Waals surface area (Å²) in [6.45, 7) is 0.808. The molecule has 6 nitrogen and oxygen atoms in total. The van der Waals surface area contributed by atoms with E-state index in [1.807, 2.05) is 6.07 Å². The number of fused-ring (bicyclic) bond motifs is 1. The molecule has 0 saturated carbocycles. The molecule has 0 radical (unpaired) electrons. The standard InChI is InChI=1S/C21H18ClN3O3S2/c1-24(30(27,28)20-10-16-5-6-17(22)11-19(16)29-20)18-7-8-25(21(18)26)13-15-4-2-3-14(9-15)12-23/h2-6,9-11,18H,7-8,13H2,1H3/t18-/m0/s1. The molecule has 3 aromatic rings. The lowest BCUT2D eigenvalue weighted by molar-refractivity contribution is -0.131. The average Bonchev–Trinajstić information content (AvgIpc) is 3.31. The van der Waals surface area contributed by atoms with E-state index in [0.717, 1.165) is 27.0 Å². The zero-order valence-corrected chi connectivity index (χ0v) is 18.5. The van der Waals surface area contributed by atoms with Gasteiger partial charge in [-0.15, -0.1) is 11.3 Å². The van der Waals surface area contributed by atoms with Gasteiger partial charge in [0.25, 0.3) is 10.0 Å². The number of thiophene rings is 1. The number of nitriles is 1. The Hall–Kier alpha value is -2.44. The molecule has 4 rings (SSSR count). The number of likely N-dealkylation sites (N-methyl/N-ethyl adjacent to an activating group) is 1. The third-order valence-electron chi connectivity index (χ3n) is 5.23. The topological polar surface area (TPSA) is 81.5 Å². The summed E-state index contributed by atoms with van der Waals surface area (Å²) in [5.41, 5.74) is 1.37. The molecule has 2 aromatic carbocycles. The molecule has 1 fully saturated rings. The van der Waals surface area contributed by atoms with Crippen LogP contribution >= 0.6 is 22.9 Å². The van der Waals surface area contributed by atoms with Crippen LogP contribution in [0.5, 0.6) is 0 Å². The smallest absolute Gasteiger partial charge is 0.253 e. The molecule has 0 bridgehead atoms. The maximum atomic E-state index is 13.2. The lowest BCUT2D eigenvalue weighted by Crippen LogP contribution is -2.42. The molecule has 30 heavy (non-hydrogen) atoms. The van der Waals surface area contributed by atoms with Crippen molar-refractivity contribution in [2.75, 3.05) is 13.6 Å². The van der Waals surface area contributed by atoms with Crippen LogP contribution in [0.25, 0.3) is 10.1 Å². The van der Waals surface area contributed by atoms with Crippen LogP contribution in [0.4, 0.5) is 0 Å². The zero-order valence-electron chi connectivity index (χ0n) is 16.1. The Morgan fingerprint density at radius 1 is 1.27 bits per heavy atom. The lowest BCUT2D eigenvalue weighted by atomic mass is 10.1. The summed E-state index contributed by atoms with van der Waals surface area (Å²) >= 11 is 7.15. The number of likely N-dealkylation sites (tertiary alicyclic amines) is 1. The van der Waals surface area contributed by atoms with Crippen molar-refractivity contribution in [1.29, 1.82) is 5.26 Å². The van der Waals surface area contributed by atoms with Crippen molar-refractivity contribution in [3.8, 4) is 6.07 Å². The molecule has 1 atom stereocenters. The summed E-state index contributed by atoms with van der Waals surface area (Å²) in [6.07, 6.45) is 0.420. The van der Waals surface area contributed by atoms with Crippen LogP contribution in [-0.2, 0) is 21.4 Å². The summed E-state index contributed by atoms with van der Waals surface area (Å²) < 4.78 is 28.5. The zero-order chi connectivity index (χ0) is 21.5.